The van der Waals surface area contributed by atoms with E-state index in [1.54, 1.807) is 20.8 Å². The van der Waals surface area contributed by atoms with E-state index in [0.29, 0.717) is 16.9 Å². The van der Waals surface area contributed by atoms with Gasteiger partial charge in [-0.3, -0.25) is 4.79 Å². The van der Waals surface area contributed by atoms with Gasteiger partial charge in [-0.25, -0.2) is 9.18 Å². The van der Waals surface area contributed by atoms with Crippen molar-refractivity contribution in [2.45, 2.75) is 38.7 Å². The van der Waals surface area contributed by atoms with E-state index in [1.165, 1.54) is 24.3 Å². The molecule has 2 N–H and O–H groups in total. The lowest BCUT2D eigenvalue weighted by molar-refractivity contribution is -0.159. The number of esters is 2. The van der Waals surface area contributed by atoms with Crippen LogP contribution in [0.15, 0.2) is 65.9 Å². The van der Waals surface area contributed by atoms with Crippen molar-refractivity contribution in [3.63, 3.8) is 0 Å². The van der Waals surface area contributed by atoms with Crippen LogP contribution in [0.25, 0.3) is 0 Å². The molecule has 0 saturated heterocycles. The van der Waals surface area contributed by atoms with Crippen LogP contribution in [0.5, 0.6) is 0 Å². The molecular formula is C25H28FNO5. The van der Waals surface area contributed by atoms with Crippen LogP contribution >= 0.6 is 0 Å². The van der Waals surface area contributed by atoms with Crippen molar-refractivity contribution in [3.8, 4) is 0 Å². The molecule has 0 aromatic heterocycles. The van der Waals surface area contributed by atoms with Crippen molar-refractivity contribution in [2.24, 2.45) is 5.92 Å². The van der Waals surface area contributed by atoms with Crippen LogP contribution in [0.1, 0.15) is 38.7 Å². The van der Waals surface area contributed by atoms with E-state index in [1.807, 2.05) is 30.3 Å². The number of anilines is 1. The Morgan fingerprint density at radius 3 is 2.28 bits per heavy atom. The van der Waals surface area contributed by atoms with Crippen LogP contribution in [0.2, 0.25) is 0 Å². The first-order valence-electron chi connectivity index (χ1n) is 10.6. The van der Waals surface area contributed by atoms with Gasteiger partial charge in [0.25, 0.3) is 0 Å². The van der Waals surface area contributed by atoms with Gasteiger partial charge >= 0.3 is 11.9 Å². The number of halogens is 1. The van der Waals surface area contributed by atoms with E-state index in [0.717, 1.165) is 0 Å². The first-order chi connectivity index (χ1) is 15.3. The Morgan fingerprint density at radius 2 is 1.69 bits per heavy atom. The molecule has 6 nitrogen and oxygen atoms in total. The van der Waals surface area contributed by atoms with Gasteiger partial charge in [0.2, 0.25) is 0 Å². The molecule has 0 amide bonds. The van der Waals surface area contributed by atoms with Gasteiger partial charge in [0.1, 0.15) is 5.82 Å². The van der Waals surface area contributed by atoms with Gasteiger partial charge in [-0.05, 0) is 50.6 Å². The summed E-state index contributed by atoms with van der Waals surface area (Å²) in [5.74, 6) is -3.68. The molecule has 0 heterocycles. The normalized spacial score (nSPS) is 22.9. The molecule has 1 aliphatic carbocycles. The molecule has 170 valence electrons. The Hall–Kier alpha value is -3.19. The summed E-state index contributed by atoms with van der Waals surface area (Å²) >= 11 is 0. The van der Waals surface area contributed by atoms with E-state index in [-0.39, 0.29) is 25.2 Å². The zero-order valence-electron chi connectivity index (χ0n) is 18.4. The summed E-state index contributed by atoms with van der Waals surface area (Å²) in [5, 5.41) is 14.6. The maximum Gasteiger partial charge on any atom is 0.336 e. The Bertz CT molecular complexity index is 985. The van der Waals surface area contributed by atoms with Gasteiger partial charge in [0.05, 0.1) is 30.3 Å². The topological polar surface area (TPSA) is 84.9 Å². The summed E-state index contributed by atoms with van der Waals surface area (Å²) in [6.07, 6.45) is -0.00276. The van der Waals surface area contributed by atoms with Crippen molar-refractivity contribution < 1.29 is 28.6 Å². The molecule has 3 rings (SSSR count). The Morgan fingerprint density at radius 1 is 1.06 bits per heavy atom. The highest BCUT2D eigenvalue weighted by Crippen LogP contribution is 2.48. The zero-order valence-corrected chi connectivity index (χ0v) is 18.4. The molecule has 2 aromatic rings. The number of nitrogens with one attached hydrogen (secondary N) is 1. The van der Waals surface area contributed by atoms with Crippen molar-refractivity contribution in [1.82, 2.24) is 0 Å². The maximum atomic E-state index is 13.7. The minimum Gasteiger partial charge on any atom is -0.466 e. The molecule has 0 radical (unpaired) electrons. The van der Waals surface area contributed by atoms with Crippen LogP contribution < -0.4 is 5.32 Å². The number of carbonyl (C=O) groups excluding carboxylic acids is 2. The van der Waals surface area contributed by atoms with E-state index in [4.69, 9.17) is 9.47 Å². The third-order valence-electron chi connectivity index (χ3n) is 5.51. The van der Waals surface area contributed by atoms with Crippen LogP contribution in [-0.4, -0.2) is 35.9 Å². The van der Waals surface area contributed by atoms with E-state index in [9.17, 15) is 19.1 Å². The molecule has 1 aliphatic rings. The van der Waals surface area contributed by atoms with Gasteiger partial charge in [-0.2, -0.15) is 0 Å². The second-order valence-electron chi connectivity index (χ2n) is 7.90. The fourth-order valence-electron chi connectivity index (χ4n) is 4.19. The predicted molar refractivity (Wildman–Crippen MR) is 118 cm³/mol. The van der Waals surface area contributed by atoms with Gasteiger partial charge in [0, 0.05) is 23.7 Å². The average molecular weight is 441 g/mol. The molecular weight excluding hydrogens is 413 g/mol. The summed E-state index contributed by atoms with van der Waals surface area (Å²) < 4.78 is 24.3. The highest BCUT2D eigenvalue weighted by Gasteiger charge is 2.52. The van der Waals surface area contributed by atoms with E-state index >= 15 is 0 Å². The molecule has 32 heavy (non-hydrogen) atoms. The molecule has 0 fully saturated rings. The highest BCUT2D eigenvalue weighted by atomic mass is 19.1. The largest absolute Gasteiger partial charge is 0.466 e. The average Bonchev–Trinajstić information content (AvgIpc) is 2.74. The van der Waals surface area contributed by atoms with Crippen molar-refractivity contribution >= 4 is 17.6 Å². The first-order valence-corrected chi connectivity index (χ1v) is 10.6. The molecule has 0 bridgehead atoms. The molecule has 0 saturated carbocycles. The van der Waals surface area contributed by atoms with Gasteiger partial charge in [-0.15, -0.1) is 0 Å². The number of hydrogen-bond donors (Lipinski definition) is 2. The summed E-state index contributed by atoms with van der Waals surface area (Å²) in [5.41, 5.74) is 0.326. The Labute approximate surface area is 187 Å². The lowest BCUT2D eigenvalue weighted by Crippen LogP contribution is -2.49. The number of ether oxygens (including phenoxy) is 2. The van der Waals surface area contributed by atoms with Crippen molar-refractivity contribution in [2.75, 3.05) is 18.5 Å². The minimum absolute atomic E-state index is 0.00276. The summed E-state index contributed by atoms with van der Waals surface area (Å²) in [4.78, 5) is 26.2. The summed E-state index contributed by atoms with van der Waals surface area (Å²) in [7, 11) is 0. The van der Waals surface area contributed by atoms with Gasteiger partial charge < -0.3 is 19.9 Å². The summed E-state index contributed by atoms with van der Waals surface area (Å²) in [6, 6.07) is 14.7. The van der Waals surface area contributed by atoms with Crippen molar-refractivity contribution in [3.05, 3.63) is 77.2 Å². The number of aliphatic hydroxyl groups is 1. The molecule has 7 heteroatoms. The standard InChI is InChI=1S/C25H28FNO5/c1-4-31-23(28)21-19(27-18-9-7-6-8-10-18)15-25(3,30)22(24(29)32-5-2)20(21)16-11-13-17(26)14-12-16/h6-14,20,22,27,30H,4-5,15H2,1-3H3/t20-,22+,25+/m0/s1. The smallest absolute Gasteiger partial charge is 0.336 e. The van der Waals surface area contributed by atoms with E-state index < -0.39 is 35.2 Å². The highest BCUT2D eigenvalue weighted by molar-refractivity contribution is 5.94. The second kappa shape index (κ2) is 9.96. The Balaban J connectivity index is 2.23. The maximum absolute atomic E-state index is 13.7. The third-order valence-corrected chi connectivity index (χ3v) is 5.51. The SMILES string of the molecule is CCOC(=O)C1=C(Nc2ccccc2)C[C@@](C)(O)[C@@H](C(=O)OCC)[C@H]1c1ccc(F)cc1. The summed E-state index contributed by atoms with van der Waals surface area (Å²) in [6.45, 7) is 5.16. The van der Waals surface area contributed by atoms with Crippen molar-refractivity contribution in [1.29, 1.82) is 0 Å². The molecule has 0 aliphatic heterocycles. The molecule has 0 unspecified atom stereocenters. The lowest BCUT2D eigenvalue weighted by atomic mass is 9.66. The Kier molecular flexibility index (Phi) is 7.30. The molecule has 0 spiro atoms. The fraction of sp³-hybridized carbons (Fsp3) is 0.360. The third kappa shape index (κ3) is 4.99. The number of benzene rings is 2. The lowest BCUT2D eigenvalue weighted by Gasteiger charge is -2.43. The zero-order chi connectivity index (χ0) is 23.3. The number of carbonyl (C=O) groups is 2. The van der Waals surface area contributed by atoms with Gasteiger partial charge in [0.15, 0.2) is 0 Å². The monoisotopic (exact) mass is 441 g/mol. The minimum atomic E-state index is -1.54. The second-order valence-corrected chi connectivity index (χ2v) is 7.90. The van der Waals surface area contributed by atoms with Crippen LogP contribution in [-0.2, 0) is 19.1 Å². The first kappa shape index (κ1) is 23.5. The van der Waals surface area contributed by atoms with Crippen LogP contribution in [0.4, 0.5) is 10.1 Å². The number of rotatable bonds is 7. The fourth-order valence-corrected chi connectivity index (χ4v) is 4.19. The number of para-hydroxylation sites is 1. The predicted octanol–water partition coefficient (Wildman–Crippen LogP) is 4.17. The molecule has 2 aromatic carbocycles. The number of hydrogen-bond acceptors (Lipinski definition) is 6. The quantitative estimate of drug-likeness (QED) is 0.628. The van der Waals surface area contributed by atoms with Crippen LogP contribution in [0.3, 0.4) is 0 Å². The van der Waals surface area contributed by atoms with Crippen LogP contribution in [0, 0.1) is 11.7 Å². The van der Waals surface area contributed by atoms with E-state index in [2.05, 4.69) is 5.32 Å². The molecule has 3 atom stereocenters. The van der Waals surface area contributed by atoms with Gasteiger partial charge in [-0.1, -0.05) is 30.3 Å².